The van der Waals surface area contributed by atoms with Gasteiger partial charge in [-0.25, -0.2) is 0 Å². The smallest absolute Gasteiger partial charge is 0.0219 e. The Labute approximate surface area is 83.0 Å². The number of hydrogen-bond acceptors (Lipinski definition) is 0. The lowest BCUT2D eigenvalue weighted by atomic mass is 10.0. The summed E-state index contributed by atoms with van der Waals surface area (Å²) in [5.41, 5.74) is 1.41. The molecule has 74 valence electrons. The van der Waals surface area contributed by atoms with E-state index in [-0.39, 0.29) is 7.43 Å². The van der Waals surface area contributed by atoms with Gasteiger partial charge in [-0.3, -0.25) is 0 Å². The van der Waals surface area contributed by atoms with Crippen molar-refractivity contribution in [3.8, 4) is 0 Å². The molecule has 0 radical (unpaired) electrons. The van der Waals surface area contributed by atoms with Crippen LogP contribution in [0.25, 0.3) is 0 Å². The highest BCUT2D eigenvalue weighted by Crippen LogP contribution is 2.14. The number of hydrogen-bond donors (Lipinski definition) is 0. The maximum Gasteiger partial charge on any atom is -0.0219 e. The minimum atomic E-state index is 0. The Balaban J connectivity index is 0.000000306. The van der Waals surface area contributed by atoms with Crippen molar-refractivity contribution in [2.45, 2.75) is 46.5 Å². The molecule has 1 fully saturated rings. The summed E-state index contributed by atoms with van der Waals surface area (Å²) in [6.07, 6.45) is 4.50. The molecule has 0 aromatic heterocycles. The van der Waals surface area contributed by atoms with Crippen LogP contribution in [0.3, 0.4) is 0 Å². The molecule has 0 heterocycles. The van der Waals surface area contributed by atoms with Crippen LogP contribution in [0.5, 0.6) is 0 Å². The summed E-state index contributed by atoms with van der Waals surface area (Å²) in [7, 11) is 0. The van der Waals surface area contributed by atoms with E-state index in [0.717, 1.165) is 0 Å². The minimum absolute atomic E-state index is 0. The first-order valence-electron chi connectivity index (χ1n) is 4.85. The number of benzene rings is 1. The van der Waals surface area contributed by atoms with Gasteiger partial charge in [-0.15, -0.1) is 0 Å². The van der Waals surface area contributed by atoms with Crippen LogP contribution in [-0.4, -0.2) is 0 Å². The molecule has 0 saturated heterocycles. The Morgan fingerprint density at radius 1 is 0.923 bits per heavy atom. The summed E-state index contributed by atoms with van der Waals surface area (Å²) in [6.45, 7) is 4.41. The zero-order valence-electron chi connectivity index (χ0n) is 8.09. The normalized spacial score (nSPS) is 12.5. The van der Waals surface area contributed by atoms with Crippen molar-refractivity contribution in [2.75, 3.05) is 0 Å². The van der Waals surface area contributed by atoms with Crippen molar-refractivity contribution in [3.05, 3.63) is 35.9 Å². The molecular formula is C13H22. The van der Waals surface area contributed by atoms with Crippen LogP contribution in [-0.2, 0) is 0 Å². The Hall–Kier alpha value is -0.780. The van der Waals surface area contributed by atoms with Crippen LogP contribution in [0, 0.1) is 0 Å². The van der Waals surface area contributed by atoms with Gasteiger partial charge in [0.15, 0.2) is 0 Å². The molecule has 13 heavy (non-hydrogen) atoms. The second-order valence-electron chi connectivity index (χ2n) is 3.63. The van der Waals surface area contributed by atoms with Crippen molar-refractivity contribution in [2.24, 2.45) is 0 Å². The van der Waals surface area contributed by atoms with Crippen LogP contribution in [0.15, 0.2) is 30.3 Å². The average molecular weight is 178 g/mol. The predicted molar refractivity (Wildman–Crippen MR) is 61.1 cm³/mol. The molecule has 0 atom stereocenters. The first-order valence-corrected chi connectivity index (χ1v) is 4.85. The van der Waals surface area contributed by atoms with Crippen LogP contribution in [0.2, 0.25) is 0 Å². The quantitative estimate of drug-likeness (QED) is 0.589. The van der Waals surface area contributed by atoms with E-state index in [1.807, 2.05) is 6.07 Å². The molecule has 2 rings (SSSR count). The third-order valence-corrected chi connectivity index (χ3v) is 1.82. The molecule has 0 unspecified atom stereocenters. The first-order chi connectivity index (χ1) is 5.80. The van der Waals surface area contributed by atoms with E-state index in [1.54, 1.807) is 0 Å². The van der Waals surface area contributed by atoms with Gasteiger partial charge in [-0.05, 0) is 11.5 Å². The molecular weight excluding hydrogens is 156 g/mol. The Bertz CT molecular complexity index is 194. The molecule has 0 nitrogen and oxygen atoms in total. The van der Waals surface area contributed by atoms with Gasteiger partial charge < -0.3 is 0 Å². The molecule has 0 N–H and O–H groups in total. The molecule has 0 aliphatic heterocycles. The van der Waals surface area contributed by atoms with Crippen LogP contribution in [0.1, 0.15) is 52.0 Å². The standard InChI is InChI=1S/C9H12.C3H6.CH4/c1-8(2)9-6-4-3-5-7-9;1-2-3-1;/h3-8H,1-2H3;1-3H2;1H4. The summed E-state index contributed by atoms with van der Waals surface area (Å²) in [5, 5.41) is 0. The lowest BCUT2D eigenvalue weighted by Gasteiger charge is -2.01. The number of rotatable bonds is 1. The summed E-state index contributed by atoms with van der Waals surface area (Å²) in [5.74, 6) is 0.659. The third kappa shape index (κ3) is 6.39. The molecule has 0 spiro atoms. The predicted octanol–water partition coefficient (Wildman–Crippen LogP) is 4.62. The van der Waals surface area contributed by atoms with Crippen LogP contribution >= 0.6 is 0 Å². The van der Waals surface area contributed by atoms with Crippen molar-refractivity contribution in [3.63, 3.8) is 0 Å². The van der Waals surface area contributed by atoms with Crippen molar-refractivity contribution in [1.29, 1.82) is 0 Å². The van der Waals surface area contributed by atoms with E-state index in [1.165, 1.54) is 24.8 Å². The van der Waals surface area contributed by atoms with Gasteiger partial charge in [0.25, 0.3) is 0 Å². The maximum atomic E-state index is 2.20. The maximum absolute atomic E-state index is 2.20. The summed E-state index contributed by atoms with van der Waals surface area (Å²) < 4.78 is 0. The molecule has 0 bridgehead atoms. The van der Waals surface area contributed by atoms with Gasteiger partial charge in [0.2, 0.25) is 0 Å². The molecule has 1 aliphatic rings. The highest BCUT2D eigenvalue weighted by atomic mass is 14.0. The van der Waals surface area contributed by atoms with Gasteiger partial charge in [0.05, 0.1) is 0 Å². The average Bonchev–Trinajstić information content (AvgIpc) is 2.92. The van der Waals surface area contributed by atoms with E-state index in [2.05, 4.69) is 38.1 Å². The van der Waals surface area contributed by atoms with E-state index >= 15 is 0 Å². The molecule has 0 heteroatoms. The highest BCUT2D eigenvalue weighted by molar-refractivity contribution is 5.17. The molecule has 1 aromatic rings. The Kier molecular flexibility index (Phi) is 6.30. The topological polar surface area (TPSA) is 0 Å². The van der Waals surface area contributed by atoms with Crippen LogP contribution in [0.4, 0.5) is 0 Å². The van der Waals surface area contributed by atoms with Gasteiger partial charge >= 0.3 is 0 Å². The Morgan fingerprint density at radius 2 is 1.38 bits per heavy atom. The van der Waals surface area contributed by atoms with E-state index in [0.29, 0.717) is 5.92 Å². The monoisotopic (exact) mass is 178 g/mol. The molecule has 1 saturated carbocycles. The van der Waals surface area contributed by atoms with E-state index in [4.69, 9.17) is 0 Å². The zero-order chi connectivity index (χ0) is 8.81. The first kappa shape index (κ1) is 12.2. The summed E-state index contributed by atoms with van der Waals surface area (Å²) >= 11 is 0. The van der Waals surface area contributed by atoms with Crippen LogP contribution < -0.4 is 0 Å². The zero-order valence-corrected chi connectivity index (χ0v) is 8.09. The molecule has 1 aromatic carbocycles. The molecule has 0 amide bonds. The fourth-order valence-electron chi connectivity index (χ4n) is 0.838. The largest absolute Gasteiger partial charge is 0.0776 e. The second-order valence-corrected chi connectivity index (χ2v) is 3.63. The third-order valence-electron chi connectivity index (χ3n) is 1.82. The lowest BCUT2D eigenvalue weighted by Crippen LogP contribution is -1.83. The van der Waals surface area contributed by atoms with Gasteiger partial charge in [-0.2, -0.15) is 0 Å². The van der Waals surface area contributed by atoms with E-state index in [9.17, 15) is 0 Å². The van der Waals surface area contributed by atoms with Crippen molar-refractivity contribution in [1.82, 2.24) is 0 Å². The second kappa shape index (κ2) is 6.71. The molecule has 1 aliphatic carbocycles. The lowest BCUT2D eigenvalue weighted by molar-refractivity contribution is 0.867. The minimum Gasteiger partial charge on any atom is -0.0776 e. The summed E-state index contributed by atoms with van der Waals surface area (Å²) in [4.78, 5) is 0. The van der Waals surface area contributed by atoms with Crippen molar-refractivity contribution < 1.29 is 0 Å². The Morgan fingerprint density at radius 3 is 1.62 bits per heavy atom. The van der Waals surface area contributed by atoms with Gasteiger partial charge in [0, 0.05) is 0 Å². The van der Waals surface area contributed by atoms with Gasteiger partial charge in [0.1, 0.15) is 0 Å². The highest BCUT2D eigenvalue weighted by Gasteiger charge is 1.95. The SMILES string of the molecule is C.C1CC1.CC(C)c1ccccc1. The fourth-order valence-corrected chi connectivity index (χ4v) is 0.838. The van der Waals surface area contributed by atoms with Crippen molar-refractivity contribution >= 4 is 0 Å². The summed E-state index contributed by atoms with van der Waals surface area (Å²) in [6, 6.07) is 10.5. The fraction of sp³-hybridized carbons (Fsp3) is 0.538. The van der Waals surface area contributed by atoms with E-state index < -0.39 is 0 Å². The van der Waals surface area contributed by atoms with Gasteiger partial charge in [-0.1, -0.05) is 70.9 Å².